The molecule has 4 aliphatic rings. The second kappa shape index (κ2) is 1.56. The summed E-state index contributed by atoms with van der Waals surface area (Å²) in [6.07, 6.45) is 9.12. The van der Waals surface area contributed by atoms with Gasteiger partial charge < -0.3 is 5.11 Å². The smallest absolute Gasteiger partial charge is 0.0645 e. The molecular weight excluding hydrogens is 148 g/mol. The topological polar surface area (TPSA) is 20.2 Å². The lowest BCUT2D eigenvalue weighted by Crippen LogP contribution is -2.51. The van der Waals surface area contributed by atoms with Crippen LogP contribution in [-0.2, 0) is 0 Å². The molecule has 0 heterocycles. The van der Waals surface area contributed by atoms with E-state index in [2.05, 4.69) is 24.3 Å². The minimum atomic E-state index is -0.0174. The second-order valence-electron chi connectivity index (χ2n) is 4.72. The molecular formula is C11H12O. The van der Waals surface area contributed by atoms with Crippen molar-refractivity contribution in [1.29, 1.82) is 0 Å². The van der Waals surface area contributed by atoms with Crippen LogP contribution in [0.25, 0.3) is 0 Å². The van der Waals surface area contributed by atoms with Crippen molar-refractivity contribution in [3.05, 3.63) is 24.3 Å². The van der Waals surface area contributed by atoms with Gasteiger partial charge in [-0.05, 0) is 29.6 Å². The normalized spacial score (nSPS) is 68.6. The van der Waals surface area contributed by atoms with Crippen molar-refractivity contribution in [3.63, 3.8) is 0 Å². The first-order valence-corrected chi connectivity index (χ1v) is 4.92. The molecule has 0 aromatic carbocycles. The molecule has 12 heavy (non-hydrogen) atoms. The SMILES string of the molecule is O[C@@H]1[C@@H]2C=C[C@@H]2[C@@H]2[C@H]3C=C[C@H]3[C@H]12. The fourth-order valence-corrected chi connectivity index (χ4v) is 3.82. The molecule has 4 rings (SSSR count). The molecule has 0 amide bonds. The van der Waals surface area contributed by atoms with Gasteiger partial charge in [-0.1, -0.05) is 24.3 Å². The van der Waals surface area contributed by atoms with Crippen LogP contribution in [0.1, 0.15) is 0 Å². The van der Waals surface area contributed by atoms with Gasteiger partial charge in [-0.15, -0.1) is 0 Å². The maximum absolute atomic E-state index is 9.95. The third-order valence-electron chi connectivity index (χ3n) is 4.57. The summed E-state index contributed by atoms with van der Waals surface area (Å²) >= 11 is 0. The van der Waals surface area contributed by atoms with E-state index in [1.54, 1.807) is 0 Å². The van der Waals surface area contributed by atoms with Gasteiger partial charge in [-0.25, -0.2) is 0 Å². The maximum atomic E-state index is 9.95. The Balaban J connectivity index is 1.79. The minimum absolute atomic E-state index is 0.0174. The van der Waals surface area contributed by atoms with Crippen molar-refractivity contribution < 1.29 is 5.11 Å². The number of rotatable bonds is 0. The molecule has 0 spiro atoms. The van der Waals surface area contributed by atoms with Crippen molar-refractivity contribution in [2.75, 3.05) is 0 Å². The highest BCUT2D eigenvalue weighted by atomic mass is 16.3. The van der Waals surface area contributed by atoms with E-state index in [0.29, 0.717) is 11.8 Å². The van der Waals surface area contributed by atoms with Crippen LogP contribution in [0, 0.1) is 35.5 Å². The summed E-state index contributed by atoms with van der Waals surface area (Å²) in [5, 5.41) is 9.95. The average Bonchev–Trinajstić information content (AvgIpc) is 2.06. The molecule has 1 N–H and O–H groups in total. The summed E-state index contributed by atoms with van der Waals surface area (Å²) < 4.78 is 0. The lowest BCUT2D eigenvalue weighted by Gasteiger charge is -2.54. The van der Waals surface area contributed by atoms with Gasteiger partial charge in [0.2, 0.25) is 0 Å². The summed E-state index contributed by atoms with van der Waals surface area (Å²) in [5.74, 6) is 4.26. The first-order chi connectivity index (χ1) is 5.88. The molecule has 7 atom stereocenters. The number of aliphatic hydroxyl groups excluding tert-OH is 1. The van der Waals surface area contributed by atoms with E-state index in [1.165, 1.54) is 0 Å². The molecule has 0 unspecified atom stereocenters. The Morgan fingerprint density at radius 1 is 0.667 bits per heavy atom. The zero-order chi connectivity index (χ0) is 7.87. The highest BCUT2D eigenvalue weighted by Crippen LogP contribution is 2.66. The van der Waals surface area contributed by atoms with E-state index >= 15 is 0 Å². The standard InChI is InChI=1S/C11H12O/c12-11-8-4-3-7(8)9-5-1-2-6(5)10(9)11/h1-12H/t5-,6+,7-,8+,9-,10-,11+/m0/s1. The Morgan fingerprint density at radius 2 is 1.17 bits per heavy atom. The highest BCUT2D eigenvalue weighted by Gasteiger charge is 2.65. The fraction of sp³-hybridized carbons (Fsp3) is 0.636. The van der Waals surface area contributed by atoms with E-state index in [-0.39, 0.29) is 6.10 Å². The predicted octanol–water partition coefficient (Wildman–Crippen LogP) is 1.21. The van der Waals surface area contributed by atoms with Crippen molar-refractivity contribution in [2.24, 2.45) is 35.5 Å². The average molecular weight is 160 g/mol. The van der Waals surface area contributed by atoms with Crippen LogP contribution in [0.15, 0.2) is 24.3 Å². The minimum Gasteiger partial charge on any atom is -0.392 e. The van der Waals surface area contributed by atoms with E-state index in [9.17, 15) is 5.11 Å². The molecule has 4 aliphatic carbocycles. The lowest BCUT2D eigenvalue weighted by molar-refractivity contribution is -0.0305. The molecule has 2 saturated carbocycles. The van der Waals surface area contributed by atoms with Gasteiger partial charge in [-0.2, -0.15) is 0 Å². The Hall–Kier alpha value is -0.560. The first-order valence-electron chi connectivity index (χ1n) is 4.92. The number of aliphatic hydroxyl groups is 1. The summed E-state index contributed by atoms with van der Waals surface area (Å²) in [6, 6.07) is 0. The molecule has 0 aromatic rings. The summed E-state index contributed by atoms with van der Waals surface area (Å²) in [5.41, 5.74) is 0. The predicted molar refractivity (Wildman–Crippen MR) is 45.2 cm³/mol. The summed E-state index contributed by atoms with van der Waals surface area (Å²) in [6.45, 7) is 0. The Bertz CT molecular complexity index is 304. The van der Waals surface area contributed by atoms with Crippen molar-refractivity contribution in [1.82, 2.24) is 0 Å². The van der Waals surface area contributed by atoms with Crippen LogP contribution >= 0.6 is 0 Å². The van der Waals surface area contributed by atoms with E-state index < -0.39 is 0 Å². The highest BCUT2D eigenvalue weighted by molar-refractivity contribution is 5.33. The van der Waals surface area contributed by atoms with Crippen LogP contribution < -0.4 is 0 Å². The third kappa shape index (κ3) is 0.392. The van der Waals surface area contributed by atoms with Crippen molar-refractivity contribution in [3.8, 4) is 0 Å². The van der Waals surface area contributed by atoms with Gasteiger partial charge in [0.25, 0.3) is 0 Å². The molecule has 62 valence electrons. The van der Waals surface area contributed by atoms with Crippen molar-refractivity contribution >= 4 is 0 Å². The van der Waals surface area contributed by atoms with Crippen LogP contribution in [0.3, 0.4) is 0 Å². The molecule has 2 fully saturated rings. The monoisotopic (exact) mass is 160 g/mol. The molecule has 0 radical (unpaired) electrons. The van der Waals surface area contributed by atoms with Gasteiger partial charge in [0, 0.05) is 5.92 Å². The van der Waals surface area contributed by atoms with Gasteiger partial charge in [0.15, 0.2) is 0 Å². The van der Waals surface area contributed by atoms with Crippen LogP contribution in [0.5, 0.6) is 0 Å². The first kappa shape index (κ1) is 5.98. The number of allylic oxidation sites excluding steroid dienone is 3. The lowest BCUT2D eigenvalue weighted by atomic mass is 9.50. The maximum Gasteiger partial charge on any atom is 0.0645 e. The van der Waals surface area contributed by atoms with Crippen LogP contribution in [0.4, 0.5) is 0 Å². The van der Waals surface area contributed by atoms with E-state index in [0.717, 1.165) is 23.7 Å². The molecule has 1 heteroatoms. The second-order valence-corrected chi connectivity index (χ2v) is 4.72. The number of hydrogen-bond acceptors (Lipinski definition) is 1. The number of fused-ring (bicyclic) bond motifs is 6. The largest absolute Gasteiger partial charge is 0.392 e. The fourth-order valence-electron chi connectivity index (χ4n) is 3.82. The summed E-state index contributed by atoms with van der Waals surface area (Å²) in [4.78, 5) is 0. The van der Waals surface area contributed by atoms with Crippen LogP contribution in [-0.4, -0.2) is 11.2 Å². The Kier molecular flexibility index (Phi) is 0.776. The molecule has 0 saturated heterocycles. The summed E-state index contributed by atoms with van der Waals surface area (Å²) in [7, 11) is 0. The van der Waals surface area contributed by atoms with E-state index in [4.69, 9.17) is 0 Å². The van der Waals surface area contributed by atoms with Gasteiger partial charge in [-0.3, -0.25) is 0 Å². The van der Waals surface area contributed by atoms with E-state index in [1.807, 2.05) is 0 Å². The van der Waals surface area contributed by atoms with Crippen LogP contribution in [0.2, 0.25) is 0 Å². The van der Waals surface area contributed by atoms with Gasteiger partial charge in [0.05, 0.1) is 6.10 Å². The quantitative estimate of drug-likeness (QED) is 0.528. The molecule has 1 nitrogen and oxygen atoms in total. The molecule has 0 bridgehead atoms. The zero-order valence-corrected chi connectivity index (χ0v) is 6.80. The third-order valence-corrected chi connectivity index (χ3v) is 4.57. The van der Waals surface area contributed by atoms with Crippen molar-refractivity contribution in [2.45, 2.75) is 6.10 Å². The van der Waals surface area contributed by atoms with Gasteiger partial charge >= 0.3 is 0 Å². The Morgan fingerprint density at radius 3 is 1.75 bits per heavy atom. The zero-order valence-electron chi connectivity index (χ0n) is 6.80. The van der Waals surface area contributed by atoms with Gasteiger partial charge in [0.1, 0.15) is 0 Å². The number of hydrogen-bond donors (Lipinski definition) is 1. The molecule has 0 aromatic heterocycles. The Labute approximate surface area is 71.8 Å². The molecule has 0 aliphatic heterocycles.